The number of rotatable bonds is 5. The van der Waals surface area contributed by atoms with E-state index in [0.29, 0.717) is 11.2 Å². The van der Waals surface area contributed by atoms with Gasteiger partial charge in [-0.2, -0.15) is 0 Å². The average Bonchev–Trinajstić information content (AvgIpc) is 3.19. The summed E-state index contributed by atoms with van der Waals surface area (Å²) in [5.41, 5.74) is 2.77. The van der Waals surface area contributed by atoms with Crippen molar-refractivity contribution < 1.29 is 9.66 Å². The van der Waals surface area contributed by atoms with Gasteiger partial charge in [-0.15, -0.1) is 0 Å². The summed E-state index contributed by atoms with van der Waals surface area (Å²) < 4.78 is 5.31. The molecule has 27 heavy (non-hydrogen) atoms. The normalized spacial score (nSPS) is 22.8. The summed E-state index contributed by atoms with van der Waals surface area (Å²) in [5.74, 6) is 0.366. The maximum Gasteiger partial charge on any atom is 0.311 e. The maximum atomic E-state index is 11.3. The minimum atomic E-state index is -0.347. The van der Waals surface area contributed by atoms with Crippen LogP contribution in [0.4, 0.5) is 11.4 Å². The van der Waals surface area contributed by atoms with Crippen molar-refractivity contribution in [1.82, 2.24) is 4.90 Å². The number of aryl methyl sites for hydroxylation is 1. The van der Waals surface area contributed by atoms with Crippen molar-refractivity contribution in [2.24, 2.45) is 5.41 Å². The fraction of sp³-hybridized carbons (Fsp3) is 0.714. The van der Waals surface area contributed by atoms with E-state index in [9.17, 15) is 10.1 Å². The lowest BCUT2D eigenvalue weighted by Crippen LogP contribution is -2.54. The first-order chi connectivity index (χ1) is 13.0. The Labute approximate surface area is 161 Å². The minimum Gasteiger partial charge on any atom is -0.490 e. The number of benzene rings is 1. The number of piperidine rings is 1. The maximum absolute atomic E-state index is 11.3. The lowest BCUT2D eigenvalue weighted by Gasteiger charge is -2.55. The van der Waals surface area contributed by atoms with Crippen molar-refractivity contribution in [3.63, 3.8) is 0 Å². The monoisotopic (exact) mass is 373 g/mol. The molecule has 6 heteroatoms. The number of nitro benzene ring substituents is 1. The van der Waals surface area contributed by atoms with E-state index in [4.69, 9.17) is 4.74 Å². The van der Waals surface area contributed by atoms with E-state index >= 15 is 0 Å². The van der Waals surface area contributed by atoms with E-state index in [0.717, 1.165) is 36.8 Å². The molecule has 2 heterocycles. The van der Waals surface area contributed by atoms with Crippen molar-refractivity contribution >= 4 is 11.4 Å². The Hall–Kier alpha value is -1.82. The third-order valence-corrected chi connectivity index (χ3v) is 7.12. The second kappa shape index (κ2) is 7.30. The predicted molar refractivity (Wildman–Crippen MR) is 107 cm³/mol. The van der Waals surface area contributed by atoms with E-state index < -0.39 is 0 Å². The Balaban J connectivity index is 1.44. The SMILES string of the molecule is CCc1cc([N+](=O)[O-])c(OC)cc1N1CCC2(CC1)CC(N1CCCC1)C2. The zero-order chi connectivity index (χ0) is 19.0. The van der Waals surface area contributed by atoms with Gasteiger partial charge < -0.3 is 14.5 Å². The quantitative estimate of drug-likeness (QED) is 0.576. The molecular formula is C21H31N3O3. The van der Waals surface area contributed by atoms with Crippen LogP contribution in [0.5, 0.6) is 5.75 Å². The van der Waals surface area contributed by atoms with Gasteiger partial charge in [0.1, 0.15) is 0 Å². The summed E-state index contributed by atoms with van der Waals surface area (Å²) in [7, 11) is 1.51. The van der Waals surface area contributed by atoms with Gasteiger partial charge in [-0.25, -0.2) is 0 Å². The molecule has 6 nitrogen and oxygen atoms in total. The highest BCUT2D eigenvalue weighted by Gasteiger charge is 2.48. The molecule has 0 unspecified atom stereocenters. The second-order valence-electron chi connectivity index (χ2n) is 8.56. The molecule has 0 aromatic heterocycles. The van der Waals surface area contributed by atoms with Gasteiger partial charge >= 0.3 is 5.69 Å². The third-order valence-electron chi connectivity index (χ3n) is 7.12. The summed E-state index contributed by atoms with van der Waals surface area (Å²) in [4.78, 5) is 16.1. The molecule has 148 valence electrons. The Kier molecular flexibility index (Phi) is 5.01. The number of hydrogen-bond acceptors (Lipinski definition) is 5. The molecule has 3 fully saturated rings. The zero-order valence-corrected chi connectivity index (χ0v) is 16.6. The van der Waals surface area contributed by atoms with Crippen LogP contribution in [0.25, 0.3) is 0 Å². The second-order valence-corrected chi connectivity index (χ2v) is 8.56. The lowest BCUT2D eigenvalue weighted by molar-refractivity contribution is -0.385. The molecule has 1 saturated carbocycles. The number of likely N-dealkylation sites (tertiary alicyclic amines) is 1. The first-order valence-corrected chi connectivity index (χ1v) is 10.4. The molecule has 0 bridgehead atoms. The first-order valence-electron chi connectivity index (χ1n) is 10.4. The molecule has 2 saturated heterocycles. The van der Waals surface area contributed by atoms with E-state index in [1.54, 1.807) is 6.07 Å². The van der Waals surface area contributed by atoms with Gasteiger partial charge in [0.05, 0.1) is 12.0 Å². The predicted octanol–water partition coefficient (Wildman–Crippen LogP) is 4.01. The average molecular weight is 373 g/mol. The molecule has 0 atom stereocenters. The molecule has 2 aliphatic heterocycles. The van der Waals surface area contributed by atoms with Crippen LogP contribution in [-0.2, 0) is 6.42 Å². The van der Waals surface area contributed by atoms with Crippen molar-refractivity contribution in [1.29, 1.82) is 0 Å². The Bertz CT molecular complexity index is 699. The van der Waals surface area contributed by atoms with Crippen LogP contribution in [0, 0.1) is 15.5 Å². The van der Waals surface area contributed by atoms with Crippen molar-refractivity contribution in [3.8, 4) is 5.75 Å². The number of nitrogens with zero attached hydrogens (tertiary/aromatic N) is 3. The number of hydrogen-bond donors (Lipinski definition) is 0. The highest BCUT2D eigenvalue weighted by Crippen LogP contribution is 2.52. The summed E-state index contributed by atoms with van der Waals surface area (Å²) in [6.07, 6.45) is 8.74. The van der Waals surface area contributed by atoms with E-state index in [1.807, 2.05) is 6.07 Å². The highest BCUT2D eigenvalue weighted by atomic mass is 16.6. The third kappa shape index (κ3) is 3.40. The van der Waals surface area contributed by atoms with Crippen molar-refractivity contribution in [2.75, 3.05) is 38.2 Å². The molecule has 1 aromatic rings. The van der Waals surface area contributed by atoms with E-state index in [2.05, 4.69) is 16.7 Å². The molecule has 1 aliphatic carbocycles. The molecule has 0 N–H and O–H groups in total. The van der Waals surface area contributed by atoms with Crippen LogP contribution in [0.1, 0.15) is 51.0 Å². The molecule has 1 spiro atoms. The van der Waals surface area contributed by atoms with Gasteiger partial charge in [-0.05, 0) is 69.0 Å². The smallest absolute Gasteiger partial charge is 0.311 e. The molecule has 4 rings (SSSR count). The van der Waals surface area contributed by atoms with Crippen LogP contribution >= 0.6 is 0 Å². The van der Waals surface area contributed by atoms with Crippen LogP contribution in [-0.4, -0.2) is 49.2 Å². The largest absolute Gasteiger partial charge is 0.490 e. The van der Waals surface area contributed by atoms with Gasteiger partial charge in [0.2, 0.25) is 0 Å². The molecule has 3 aliphatic rings. The van der Waals surface area contributed by atoms with Gasteiger partial charge in [-0.3, -0.25) is 10.1 Å². The van der Waals surface area contributed by atoms with Gasteiger partial charge in [0, 0.05) is 37.0 Å². The molecular weight excluding hydrogens is 342 g/mol. The van der Waals surface area contributed by atoms with Gasteiger partial charge in [0.25, 0.3) is 0 Å². The molecule has 1 aromatic carbocycles. The number of ether oxygens (including phenoxy) is 1. The Morgan fingerprint density at radius 1 is 1.19 bits per heavy atom. The van der Waals surface area contributed by atoms with Gasteiger partial charge in [0.15, 0.2) is 5.75 Å². The van der Waals surface area contributed by atoms with E-state index in [1.165, 1.54) is 58.7 Å². The number of nitro groups is 1. The number of anilines is 1. The van der Waals surface area contributed by atoms with Crippen molar-refractivity contribution in [2.45, 2.75) is 57.9 Å². The van der Waals surface area contributed by atoms with Gasteiger partial charge in [-0.1, -0.05) is 6.92 Å². The lowest BCUT2D eigenvalue weighted by atomic mass is 9.60. The van der Waals surface area contributed by atoms with Crippen LogP contribution < -0.4 is 9.64 Å². The fourth-order valence-corrected chi connectivity index (χ4v) is 5.42. The Morgan fingerprint density at radius 3 is 2.41 bits per heavy atom. The highest BCUT2D eigenvalue weighted by molar-refractivity contribution is 5.64. The van der Waals surface area contributed by atoms with Crippen LogP contribution in [0.3, 0.4) is 0 Å². The summed E-state index contributed by atoms with van der Waals surface area (Å²) in [6, 6.07) is 4.40. The summed E-state index contributed by atoms with van der Waals surface area (Å²) >= 11 is 0. The van der Waals surface area contributed by atoms with Crippen LogP contribution in [0.2, 0.25) is 0 Å². The van der Waals surface area contributed by atoms with Crippen LogP contribution in [0.15, 0.2) is 12.1 Å². The van der Waals surface area contributed by atoms with Crippen molar-refractivity contribution in [3.05, 3.63) is 27.8 Å². The van der Waals surface area contributed by atoms with E-state index in [-0.39, 0.29) is 10.6 Å². The fourth-order valence-electron chi connectivity index (χ4n) is 5.42. The number of methoxy groups -OCH3 is 1. The standard InChI is InChI=1S/C21H31N3O3/c1-3-16-12-19(24(25)26)20(27-2)13-18(16)23-10-6-21(7-11-23)14-17(15-21)22-8-4-5-9-22/h12-13,17H,3-11,14-15H2,1-2H3. The summed E-state index contributed by atoms with van der Waals surface area (Å²) in [5, 5.41) is 11.3. The zero-order valence-electron chi connectivity index (χ0n) is 16.6. The Morgan fingerprint density at radius 2 is 1.85 bits per heavy atom. The minimum absolute atomic E-state index is 0.0685. The molecule has 0 radical (unpaired) electrons. The molecule has 0 amide bonds. The summed E-state index contributed by atoms with van der Waals surface area (Å²) in [6.45, 7) is 6.75. The topological polar surface area (TPSA) is 58.9 Å². The first kappa shape index (κ1) is 18.5.